The normalized spacial score (nSPS) is 17.8. The van der Waals surface area contributed by atoms with Crippen LogP contribution in [0.1, 0.15) is 68.1 Å². The van der Waals surface area contributed by atoms with Crippen molar-refractivity contribution in [2.45, 2.75) is 69.9 Å². The van der Waals surface area contributed by atoms with Crippen molar-refractivity contribution in [3.8, 4) is 0 Å². The molecule has 0 atom stereocenters. The molecular formula is C23H33FN4O3. The second-order valence-electron chi connectivity index (χ2n) is 8.48. The van der Waals surface area contributed by atoms with Crippen molar-refractivity contribution in [3.63, 3.8) is 0 Å². The van der Waals surface area contributed by atoms with Crippen LogP contribution in [0.4, 0.5) is 9.18 Å². The summed E-state index contributed by atoms with van der Waals surface area (Å²) in [6.45, 7) is 1.68. The Morgan fingerprint density at radius 3 is 2.23 bits per heavy atom. The number of halogens is 1. The van der Waals surface area contributed by atoms with Crippen LogP contribution < -0.4 is 16.0 Å². The Bertz CT molecular complexity index is 742. The van der Waals surface area contributed by atoms with Gasteiger partial charge in [0, 0.05) is 43.7 Å². The fraction of sp³-hybridized carbons (Fsp3) is 0.609. The van der Waals surface area contributed by atoms with Gasteiger partial charge in [-0.25, -0.2) is 9.18 Å². The minimum atomic E-state index is -0.385. The topological polar surface area (TPSA) is 90.5 Å². The Morgan fingerprint density at radius 1 is 0.903 bits per heavy atom. The lowest BCUT2D eigenvalue weighted by Gasteiger charge is -2.34. The Labute approximate surface area is 183 Å². The van der Waals surface area contributed by atoms with Crippen LogP contribution in [0.3, 0.4) is 0 Å². The highest BCUT2D eigenvalue weighted by atomic mass is 19.1. The zero-order valence-corrected chi connectivity index (χ0v) is 18.0. The van der Waals surface area contributed by atoms with Crippen LogP contribution in [0.2, 0.25) is 0 Å². The van der Waals surface area contributed by atoms with Crippen molar-refractivity contribution in [2.24, 2.45) is 0 Å². The number of likely N-dealkylation sites (tertiary alicyclic amines) is 1. The summed E-state index contributed by atoms with van der Waals surface area (Å²) in [6.07, 6.45) is 8.15. The van der Waals surface area contributed by atoms with Crippen molar-refractivity contribution < 1.29 is 18.8 Å². The molecule has 1 heterocycles. The summed E-state index contributed by atoms with van der Waals surface area (Å²) in [5.41, 5.74) is 0.394. The highest BCUT2D eigenvalue weighted by Gasteiger charge is 2.25. The van der Waals surface area contributed by atoms with Gasteiger partial charge in [0.05, 0.1) is 0 Å². The SMILES string of the molecule is O=C(CCCNC(=O)c1ccc(F)cc1)NC1CCN(C(=O)NC2CCCCC2)CC1. The maximum absolute atomic E-state index is 12.9. The summed E-state index contributed by atoms with van der Waals surface area (Å²) in [6, 6.07) is 5.76. The van der Waals surface area contributed by atoms with Gasteiger partial charge in [-0.1, -0.05) is 19.3 Å². The van der Waals surface area contributed by atoms with E-state index in [1.165, 1.54) is 43.5 Å². The molecule has 31 heavy (non-hydrogen) atoms. The third kappa shape index (κ3) is 7.52. The van der Waals surface area contributed by atoms with Crippen molar-refractivity contribution >= 4 is 17.8 Å². The first-order chi connectivity index (χ1) is 15.0. The maximum Gasteiger partial charge on any atom is 0.317 e. The number of carbonyl (C=O) groups excluding carboxylic acids is 3. The van der Waals surface area contributed by atoms with Crippen LogP contribution in [0.15, 0.2) is 24.3 Å². The molecule has 3 N–H and O–H groups in total. The third-order valence-electron chi connectivity index (χ3n) is 6.05. The summed E-state index contributed by atoms with van der Waals surface area (Å²) in [5, 5.41) is 8.92. The molecule has 170 valence electrons. The van der Waals surface area contributed by atoms with Gasteiger partial charge in [0.15, 0.2) is 0 Å². The number of hydrogen-bond acceptors (Lipinski definition) is 3. The number of urea groups is 1. The molecule has 1 aromatic carbocycles. The molecular weight excluding hydrogens is 399 g/mol. The first-order valence-corrected chi connectivity index (χ1v) is 11.4. The summed E-state index contributed by atoms with van der Waals surface area (Å²) in [4.78, 5) is 38.4. The first kappa shape index (κ1) is 23.0. The molecule has 4 amide bonds. The number of carbonyl (C=O) groups is 3. The van der Waals surface area contributed by atoms with Gasteiger partial charge in [-0.3, -0.25) is 9.59 Å². The van der Waals surface area contributed by atoms with E-state index in [0.29, 0.717) is 44.1 Å². The molecule has 1 aliphatic carbocycles. The number of benzene rings is 1. The zero-order chi connectivity index (χ0) is 22.1. The van der Waals surface area contributed by atoms with E-state index in [0.717, 1.165) is 25.7 Å². The van der Waals surface area contributed by atoms with Crippen molar-refractivity contribution in [3.05, 3.63) is 35.6 Å². The average Bonchev–Trinajstić information content (AvgIpc) is 2.78. The molecule has 7 nitrogen and oxygen atoms in total. The van der Waals surface area contributed by atoms with Crippen molar-refractivity contribution in [1.29, 1.82) is 0 Å². The number of hydrogen-bond donors (Lipinski definition) is 3. The van der Waals surface area contributed by atoms with Gasteiger partial charge < -0.3 is 20.9 Å². The number of rotatable bonds is 7. The monoisotopic (exact) mass is 432 g/mol. The highest BCUT2D eigenvalue weighted by molar-refractivity contribution is 5.94. The molecule has 0 aromatic heterocycles. The van der Waals surface area contributed by atoms with Gasteiger partial charge in [-0.05, 0) is 56.4 Å². The predicted molar refractivity (Wildman–Crippen MR) is 116 cm³/mol. The number of amides is 4. The Kier molecular flexibility index (Phi) is 8.67. The zero-order valence-electron chi connectivity index (χ0n) is 18.0. The summed E-state index contributed by atoms with van der Waals surface area (Å²) in [5.74, 6) is -0.704. The van der Waals surface area contributed by atoms with E-state index in [9.17, 15) is 18.8 Å². The fourth-order valence-electron chi connectivity index (χ4n) is 4.19. The molecule has 0 spiro atoms. The van der Waals surface area contributed by atoms with E-state index < -0.39 is 0 Å². The van der Waals surface area contributed by atoms with Crippen molar-refractivity contribution in [2.75, 3.05) is 19.6 Å². The molecule has 2 aliphatic rings. The van der Waals surface area contributed by atoms with Crippen LogP contribution in [0, 0.1) is 5.82 Å². The fourth-order valence-corrected chi connectivity index (χ4v) is 4.19. The van der Waals surface area contributed by atoms with E-state index in [4.69, 9.17) is 0 Å². The highest BCUT2D eigenvalue weighted by Crippen LogP contribution is 2.18. The van der Waals surface area contributed by atoms with Crippen LogP contribution >= 0.6 is 0 Å². The quantitative estimate of drug-likeness (QED) is 0.579. The van der Waals surface area contributed by atoms with Gasteiger partial charge in [-0.2, -0.15) is 0 Å². The van der Waals surface area contributed by atoms with Gasteiger partial charge in [0.2, 0.25) is 5.91 Å². The van der Waals surface area contributed by atoms with Gasteiger partial charge in [0.1, 0.15) is 5.82 Å². The minimum absolute atomic E-state index is 0.0218. The van der Waals surface area contributed by atoms with E-state index >= 15 is 0 Å². The molecule has 1 saturated carbocycles. The minimum Gasteiger partial charge on any atom is -0.353 e. The molecule has 0 bridgehead atoms. The Hall–Kier alpha value is -2.64. The molecule has 0 unspecified atom stereocenters. The summed E-state index contributed by atoms with van der Waals surface area (Å²) >= 11 is 0. The summed E-state index contributed by atoms with van der Waals surface area (Å²) in [7, 11) is 0. The Morgan fingerprint density at radius 2 is 1.55 bits per heavy atom. The first-order valence-electron chi connectivity index (χ1n) is 11.4. The largest absolute Gasteiger partial charge is 0.353 e. The Balaban J connectivity index is 1.27. The lowest BCUT2D eigenvalue weighted by atomic mass is 9.95. The predicted octanol–water partition coefficient (Wildman–Crippen LogP) is 2.96. The molecule has 1 aromatic rings. The number of piperidine rings is 1. The van der Waals surface area contributed by atoms with E-state index in [-0.39, 0.29) is 29.7 Å². The molecule has 0 radical (unpaired) electrons. The van der Waals surface area contributed by atoms with Crippen molar-refractivity contribution in [1.82, 2.24) is 20.9 Å². The molecule has 8 heteroatoms. The van der Waals surface area contributed by atoms with Crippen LogP contribution in [0.5, 0.6) is 0 Å². The number of nitrogens with one attached hydrogen (secondary N) is 3. The van der Waals surface area contributed by atoms with Crippen LogP contribution in [-0.4, -0.2) is 54.5 Å². The third-order valence-corrected chi connectivity index (χ3v) is 6.05. The van der Waals surface area contributed by atoms with E-state index in [1.54, 1.807) is 0 Å². The molecule has 3 rings (SSSR count). The van der Waals surface area contributed by atoms with Gasteiger partial charge >= 0.3 is 6.03 Å². The van der Waals surface area contributed by atoms with E-state index in [2.05, 4.69) is 16.0 Å². The molecule has 2 fully saturated rings. The van der Waals surface area contributed by atoms with Gasteiger partial charge in [-0.15, -0.1) is 0 Å². The smallest absolute Gasteiger partial charge is 0.317 e. The standard InChI is InChI=1S/C23H33FN4O3/c24-18-10-8-17(9-11-18)22(30)25-14-4-7-21(29)26-20-12-15-28(16-13-20)23(31)27-19-5-2-1-3-6-19/h8-11,19-20H,1-7,12-16H2,(H,25,30)(H,26,29)(H,27,31). The second kappa shape index (κ2) is 11.7. The van der Waals surface area contributed by atoms with E-state index in [1.807, 2.05) is 4.90 Å². The molecule has 1 aliphatic heterocycles. The molecule has 1 saturated heterocycles. The lowest BCUT2D eigenvalue weighted by molar-refractivity contribution is -0.122. The van der Waals surface area contributed by atoms with Crippen LogP contribution in [0.25, 0.3) is 0 Å². The number of nitrogens with zero attached hydrogens (tertiary/aromatic N) is 1. The van der Waals surface area contributed by atoms with Gasteiger partial charge in [0.25, 0.3) is 5.91 Å². The average molecular weight is 433 g/mol. The second-order valence-corrected chi connectivity index (χ2v) is 8.48. The summed E-state index contributed by atoms with van der Waals surface area (Å²) < 4.78 is 12.9. The maximum atomic E-state index is 12.9. The lowest BCUT2D eigenvalue weighted by Crippen LogP contribution is -2.51. The van der Waals surface area contributed by atoms with Crippen LogP contribution in [-0.2, 0) is 4.79 Å².